The van der Waals surface area contributed by atoms with E-state index in [9.17, 15) is 9.59 Å². The normalized spacial score (nSPS) is 10.9. The highest BCUT2D eigenvalue weighted by Gasteiger charge is 2.15. The number of thiophene rings is 1. The van der Waals surface area contributed by atoms with Crippen molar-refractivity contribution >= 4 is 45.7 Å². The molecule has 0 aliphatic rings. The Kier molecular flexibility index (Phi) is 5.73. The summed E-state index contributed by atoms with van der Waals surface area (Å²) in [5.74, 6) is 1.28. The molecule has 0 fully saturated rings. The quantitative estimate of drug-likeness (QED) is 0.266. The maximum Gasteiger partial charge on any atom is 0.217 e. The van der Waals surface area contributed by atoms with Gasteiger partial charge < -0.3 is 9.73 Å². The number of hydrogen-bond donors (Lipinski definition) is 1. The van der Waals surface area contributed by atoms with Crippen LogP contribution in [0, 0.1) is 0 Å². The van der Waals surface area contributed by atoms with Gasteiger partial charge in [0, 0.05) is 17.2 Å². The Bertz CT molecular complexity index is 1170. The van der Waals surface area contributed by atoms with Crippen LogP contribution in [0.5, 0.6) is 0 Å². The number of aromatic nitrogens is 2. The highest BCUT2D eigenvalue weighted by atomic mass is 32.2. The van der Waals surface area contributed by atoms with Crippen molar-refractivity contribution in [3.05, 3.63) is 64.5 Å². The van der Waals surface area contributed by atoms with E-state index in [2.05, 4.69) is 15.3 Å². The van der Waals surface area contributed by atoms with Crippen molar-refractivity contribution in [3.63, 3.8) is 0 Å². The highest BCUT2D eigenvalue weighted by Crippen LogP contribution is 2.29. The number of fused-ring (bicyclic) bond motifs is 1. The summed E-state index contributed by atoms with van der Waals surface area (Å²) in [6.07, 6.45) is 1.58. The molecule has 4 aromatic rings. The van der Waals surface area contributed by atoms with Crippen molar-refractivity contribution in [1.29, 1.82) is 0 Å². The van der Waals surface area contributed by atoms with Crippen LogP contribution in [0.2, 0.25) is 0 Å². The van der Waals surface area contributed by atoms with E-state index in [0.717, 1.165) is 20.8 Å². The second kappa shape index (κ2) is 8.59. The molecule has 0 saturated carbocycles. The number of nitrogens with zero attached hydrogens (tertiary/aromatic N) is 2. The number of carbonyl (C=O) groups is 2. The summed E-state index contributed by atoms with van der Waals surface area (Å²) in [6.45, 7) is 1.91. The summed E-state index contributed by atoms with van der Waals surface area (Å²) in [5.41, 5.74) is 0.803. The maximum atomic E-state index is 12.7. The summed E-state index contributed by atoms with van der Waals surface area (Å²) in [4.78, 5) is 34.5. The zero-order valence-corrected chi connectivity index (χ0v) is 17.2. The van der Waals surface area contributed by atoms with Crippen LogP contribution in [-0.2, 0) is 11.3 Å². The first-order valence-electron chi connectivity index (χ1n) is 8.90. The molecule has 0 bridgehead atoms. The van der Waals surface area contributed by atoms with Crippen molar-refractivity contribution in [2.45, 2.75) is 18.5 Å². The van der Waals surface area contributed by atoms with Crippen LogP contribution in [0.25, 0.3) is 22.5 Å². The Labute approximate surface area is 175 Å². The Hall–Kier alpha value is -2.97. The minimum absolute atomic E-state index is 0.0244. The van der Waals surface area contributed by atoms with Gasteiger partial charge in [-0.15, -0.1) is 11.3 Å². The minimum atomic E-state index is -0.0927. The average Bonchev–Trinajstić information content (AvgIpc) is 3.42. The first kappa shape index (κ1) is 19.4. The third-order valence-electron chi connectivity index (χ3n) is 4.10. The Balaban J connectivity index is 1.53. The fraction of sp³-hybridized carbons (Fsp3) is 0.143. The SMILES string of the molecule is CC(=O)NCc1ccc(C(=O)CSc2nc(-c3ccco3)nc3ccccc23)s1. The van der Waals surface area contributed by atoms with Crippen molar-refractivity contribution in [2.75, 3.05) is 5.75 Å². The van der Waals surface area contributed by atoms with Crippen LogP contribution < -0.4 is 5.32 Å². The van der Waals surface area contributed by atoms with Crippen molar-refractivity contribution in [1.82, 2.24) is 15.3 Å². The number of ketones is 1. The summed E-state index contributed by atoms with van der Waals surface area (Å²) < 4.78 is 5.43. The third kappa shape index (κ3) is 4.55. The van der Waals surface area contributed by atoms with Gasteiger partial charge in [0.2, 0.25) is 5.91 Å². The van der Waals surface area contributed by atoms with E-state index in [-0.39, 0.29) is 17.4 Å². The zero-order valence-electron chi connectivity index (χ0n) is 15.5. The molecule has 29 heavy (non-hydrogen) atoms. The van der Waals surface area contributed by atoms with Gasteiger partial charge in [-0.3, -0.25) is 9.59 Å². The number of rotatable bonds is 7. The lowest BCUT2D eigenvalue weighted by molar-refractivity contribution is -0.119. The van der Waals surface area contributed by atoms with Crippen LogP contribution in [-0.4, -0.2) is 27.4 Å². The summed E-state index contributed by atoms with van der Waals surface area (Å²) in [6, 6.07) is 15.0. The first-order chi connectivity index (χ1) is 14.1. The van der Waals surface area contributed by atoms with E-state index in [1.807, 2.05) is 36.4 Å². The molecule has 146 valence electrons. The Morgan fingerprint density at radius 3 is 2.76 bits per heavy atom. The number of carbonyl (C=O) groups excluding carboxylic acids is 2. The monoisotopic (exact) mass is 423 g/mol. The van der Waals surface area contributed by atoms with E-state index >= 15 is 0 Å². The number of benzene rings is 1. The molecule has 3 aromatic heterocycles. The topological polar surface area (TPSA) is 85.1 Å². The van der Waals surface area contributed by atoms with Crippen molar-refractivity contribution in [3.8, 4) is 11.6 Å². The molecular formula is C21H17N3O3S2. The number of amides is 1. The maximum absolute atomic E-state index is 12.7. The number of furan rings is 1. The fourth-order valence-electron chi connectivity index (χ4n) is 2.71. The van der Waals surface area contributed by atoms with Crippen LogP contribution in [0.15, 0.2) is 64.2 Å². The van der Waals surface area contributed by atoms with Gasteiger partial charge in [-0.1, -0.05) is 30.0 Å². The predicted octanol–water partition coefficient (Wildman–Crippen LogP) is 4.56. The predicted molar refractivity (Wildman–Crippen MR) is 114 cm³/mol. The summed E-state index contributed by atoms with van der Waals surface area (Å²) in [7, 11) is 0. The second-order valence-corrected chi connectivity index (χ2v) is 8.37. The molecule has 0 unspecified atom stereocenters. The highest BCUT2D eigenvalue weighted by molar-refractivity contribution is 8.00. The zero-order chi connectivity index (χ0) is 20.2. The van der Waals surface area contributed by atoms with Gasteiger partial charge >= 0.3 is 0 Å². The lowest BCUT2D eigenvalue weighted by atomic mass is 10.2. The van der Waals surface area contributed by atoms with Gasteiger partial charge in [0.15, 0.2) is 17.4 Å². The number of para-hydroxylation sites is 1. The lowest BCUT2D eigenvalue weighted by Crippen LogP contribution is -2.18. The molecule has 0 saturated heterocycles. The molecule has 4 rings (SSSR count). The number of hydrogen-bond acceptors (Lipinski definition) is 7. The van der Waals surface area contributed by atoms with E-state index in [4.69, 9.17) is 4.42 Å². The van der Waals surface area contributed by atoms with Gasteiger partial charge in [0.25, 0.3) is 0 Å². The molecule has 6 nitrogen and oxygen atoms in total. The van der Waals surface area contributed by atoms with E-state index < -0.39 is 0 Å². The minimum Gasteiger partial charge on any atom is -0.461 e. The summed E-state index contributed by atoms with van der Waals surface area (Å²) in [5, 5.41) is 4.38. The largest absolute Gasteiger partial charge is 0.461 e. The molecule has 1 N–H and O–H groups in total. The van der Waals surface area contributed by atoms with Crippen LogP contribution in [0.1, 0.15) is 21.5 Å². The number of nitrogens with one attached hydrogen (secondary N) is 1. The third-order valence-corrected chi connectivity index (χ3v) is 6.22. The van der Waals surface area contributed by atoms with Crippen LogP contribution in [0.4, 0.5) is 0 Å². The molecule has 3 heterocycles. The number of Topliss-reactive ketones (excluding diaryl/α,β-unsaturated/α-hetero) is 1. The molecule has 8 heteroatoms. The molecular weight excluding hydrogens is 406 g/mol. The lowest BCUT2D eigenvalue weighted by Gasteiger charge is -2.07. The van der Waals surface area contributed by atoms with Gasteiger partial charge in [-0.2, -0.15) is 0 Å². The van der Waals surface area contributed by atoms with Crippen molar-refractivity contribution in [2.24, 2.45) is 0 Å². The molecule has 0 radical (unpaired) electrons. The fourth-order valence-corrected chi connectivity index (χ4v) is 4.59. The van der Waals surface area contributed by atoms with E-state index in [1.54, 1.807) is 18.4 Å². The van der Waals surface area contributed by atoms with E-state index in [1.165, 1.54) is 30.0 Å². The molecule has 1 aromatic carbocycles. The summed E-state index contributed by atoms with van der Waals surface area (Å²) >= 11 is 2.78. The van der Waals surface area contributed by atoms with E-state index in [0.29, 0.717) is 23.0 Å². The van der Waals surface area contributed by atoms with Gasteiger partial charge in [0.05, 0.1) is 29.0 Å². The Morgan fingerprint density at radius 1 is 1.10 bits per heavy atom. The van der Waals surface area contributed by atoms with Crippen molar-refractivity contribution < 1.29 is 14.0 Å². The molecule has 1 amide bonds. The number of thioether (sulfide) groups is 1. The molecule has 0 spiro atoms. The molecule has 0 atom stereocenters. The van der Waals surface area contributed by atoms with Gasteiger partial charge in [0.1, 0.15) is 5.03 Å². The van der Waals surface area contributed by atoms with Crippen LogP contribution >= 0.6 is 23.1 Å². The average molecular weight is 424 g/mol. The van der Waals surface area contributed by atoms with Crippen LogP contribution in [0.3, 0.4) is 0 Å². The molecule has 0 aliphatic carbocycles. The molecule has 0 aliphatic heterocycles. The van der Waals surface area contributed by atoms with Gasteiger partial charge in [-0.25, -0.2) is 9.97 Å². The van der Waals surface area contributed by atoms with Gasteiger partial charge in [-0.05, 0) is 30.3 Å². The first-order valence-corrected chi connectivity index (χ1v) is 10.7. The Morgan fingerprint density at radius 2 is 1.97 bits per heavy atom. The second-order valence-electron chi connectivity index (χ2n) is 6.23. The smallest absolute Gasteiger partial charge is 0.217 e. The standard InChI is InChI=1S/C21H17N3O3S2/c1-13(25)22-11-14-8-9-19(29-14)17(26)12-28-21-15-5-2-3-6-16(15)23-20(24-21)18-7-4-10-27-18/h2-10H,11-12H2,1H3,(H,22,25).